The molecule has 3 aromatic rings. The average molecular weight is 531 g/mol. The summed E-state index contributed by atoms with van der Waals surface area (Å²) in [5.74, 6) is 5.15. The van der Waals surface area contributed by atoms with Crippen LogP contribution in [0.3, 0.4) is 0 Å². The lowest BCUT2D eigenvalue weighted by molar-refractivity contribution is 0.277. The third kappa shape index (κ3) is 8.38. The molecule has 2 aromatic heterocycles. The molecule has 0 bridgehead atoms. The molecule has 0 radical (unpaired) electrons. The number of rotatable bonds is 16. The van der Waals surface area contributed by atoms with Crippen LogP contribution in [-0.2, 0) is 0 Å². The Morgan fingerprint density at radius 3 is 1.33 bits per heavy atom. The van der Waals surface area contributed by atoms with Gasteiger partial charge in [-0.2, -0.15) is 0 Å². The molecule has 1 aromatic carbocycles. The minimum atomic E-state index is 0.703. The highest BCUT2D eigenvalue weighted by atomic mass is 32.1. The van der Waals surface area contributed by atoms with E-state index in [1.807, 2.05) is 22.7 Å². The normalized spacial score (nSPS) is 13.8. The monoisotopic (exact) mass is 530 g/mol. The van der Waals surface area contributed by atoms with E-state index in [0.29, 0.717) is 11.8 Å². The smallest absolute Gasteiger partial charge is 0.146 e. The number of hydrogen-bond donors (Lipinski definition) is 0. The molecule has 0 amide bonds. The van der Waals surface area contributed by atoms with Crippen LogP contribution in [-0.4, -0.2) is 13.2 Å². The first-order valence-corrected chi connectivity index (χ1v) is 16.0. The van der Waals surface area contributed by atoms with Gasteiger partial charge in [0.25, 0.3) is 0 Å². The SMILES string of the molecule is Cc1cc2c(OCCC(C)CCCC(C)C)c3sc(C)cc3c(OCCC(C)CCCC(C)C)c2s1. The highest BCUT2D eigenvalue weighted by Crippen LogP contribution is 2.49. The van der Waals surface area contributed by atoms with Crippen molar-refractivity contribution in [2.45, 2.75) is 107 Å². The van der Waals surface area contributed by atoms with E-state index in [4.69, 9.17) is 9.47 Å². The van der Waals surface area contributed by atoms with Gasteiger partial charge in [-0.3, -0.25) is 0 Å². The van der Waals surface area contributed by atoms with Gasteiger partial charge in [0.2, 0.25) is 0 Å². The van der Waals surface area contributed by atoms with E-state index in [2.05, 4.69) is 67.5 Å². The Hall–Kier alpha value is -1.26. The first-order valence-electron chi connectivity index (χ1n) is 14.4. The van der Waals surface area contributed by atoms with E-state index in [9.17, 15) is 0 Å². The van der Waals surface area contributed by atoms with Crippen molar-refractivity contribution in [2.75, 3.05) is 13.2 Å². The van der Waals surface area contributed by atoms with Crippen molar-refractivity contribution in [2.24, 2.45) is 23.7 Å². The van der Waals surface area contributed by atoms with Crippen molar-refractivity contribution >= 4 is 42.8 Å². The van der Waals surface area contributed by atoms with E-state index >= 15 is 0 Å². The summed E-state index contributed by atoms with van der Waals surface area (Å²) in [6.45, 7) is 20.0. The lowest BCUT2D eigenvalue weighted by Crippen LogP contribution is -2.06. The van der Waals surface area contributed by atoms with Crippen molar-refractivity contribution in [3.05, 3.63) is 21.9 Å². The van der Waals surface area contributed by atoms with Crippen LogP contribution in [0.5, 0.6) is 11.5 Å². The highest BCUT2D eigenvalue weighted by Gasteiger charge is 2.21. The van der Waals surface area contributed by atoms with Crippen molar-refractivity contribution < 1.29 is 9.47 Å². The maximum atomic E-state index is 6.58. The fourth-order valence-corrected chi connectivity index (χ4v) is 7.04. The van der Waals surface area contributed by atoms with Crippen LogP contribution in [0.15, 0.2) is 12.1 Å². The second-order valence-corrected chi connectivity index (χ2v) is 14.5. The summed E-state index contributed by atoms with van der Waals surface area (Å²) in [5, 5.41) is 2.47. The largest absolute Gasteiger partial charge is 0.491 e. The summed E-state index contributed by atoms with van der Waals surface area (Å²) in [5.41, 5.74) is 0. The van der Waals surface area contributed by atoms with Crippen LogP contribution >= 0.6 is 22.7 Å². The van der Waals surface area contributed by atoms with Crippen LogP contribution in [0.4, 0.5) is 0 Å². The maximum Gasteiger partial charge on any atom is 0.146 e. The van der Waals surface area contributed by atoms with Crippen LogP contribution in [0, 0.1) is 37.5 Å². The Morgan fingerprint density at radius 2 is 0.972 bits per heavy atom. The molecular formula is C32H50O2S2. The van der Waals surface area contributed by atoms with Gasteiger partial charge in [-0.05, 0) is 62.5 Å². The second kappa shape index (κ2) is 14.0. The van der Waals surface area contributed by atoms with Crippen molar-refractivity contribution in [1.82, 2.24) is 0 Å². The minimum Gasteiger partial charge on any atom is -0.491 e. The third-order valence-corrected chi connectivity index (χ3v) is 9.38. The van der Waals surface area contributed by atoms with Gasteiger partial charge in [0, 0.05) is 20.5 Å². The van der Waals surface area contributed by atoms with Gasteiger partial charge in [-0.25, -0.2) is 0 Å². The summed E-state index contributed by atoms with van der Waals surface area (Å²) in [6.07, 6.45) is 10.1. The van der Waals surface area contributed by atoms with Gasteiger partial charge in [0.15, 0.2) is 0 Å². The van der Waals surface area contributed by atoms with E-state index in [1.165, 1.54) is 68.5 Å². The minimum absolute atomic E-state index is 0.703. The summed E-state index contributed by atoms with van der Waals surface area (Å²) in [6, 6.07) is 4.61. The molecule has 2 atom stereocenters. The molecule has 202 valence electrons. The number of fused-ring (bicyclic) bond motifs is 2. The molecule has 3 rings (SSSR count). The summed E-state index contributed by atoms with van der Waals surface area (Å²) >= 11 is 3.69. The molecule has 0 fully saturated rings. The lowest BCUT2D eigenvalue weighted by Gasteiger charge is -2.17. The van der Waals surface area contributed by atoms with Crippen molar-refractivity contribution in [3.63, 3.8) is 0 Å². The standard InChI is InChI=1S/C32H50O2S2/c1-21(2)11-9-13-23(5)15-17-33-29-27-19-25(7)36-32(27)30(28-20-26(8)35-31(28)29)34-18-16-24(6)14-10-12-22(3)4/h19-24H,9-18H2,1-8H3. The number of hydrogen-bond acceptors (Lipinski definition) is 4. The molecule has 0 saturated heterocycles. The van der Waals surface area contributed by atoms with E-state index in [1.54, 1.807) is 0 Å². The fourth-order valence-electron chi connectivity index (χ4n) is 5.00. The van der Waals surface area contributed by atoms with Gasteiger partial charge in [-0.1, -0.05) is 80.1 Å². The molecular weight excluding hydrogens is 480 g/mol. The quantitative estimate of drug-likeness (QED) is 0.183. The first-order chi connectivity index (χ1) is 17.2. The number of benzene rings is 1. The molecule has 0 aliphatic rings. The van der Waals surface area contributed by atoms with Gasteiger partial charge >= 0.3 is 0 Å². The van der Waals surface area contributed by atoms with Crippen LogP contribution < -0.4 is 9.47 Å². The first kappa shape index (κ1) is 29.3. The molecule has 0 aliphatic carbocycles. The summed E-state index contributed by atoms with van der Waals surface area (Å²) in [7, 11) is 0. The van der Waals surface area contributed by atoms with Crippen molar-refractivity contribution in [3.8, 4) is 11.5 Å². The topological polar surface area (TPSA) is 18.5 Å². The Morgan fingerprint density at radius 1 is 0.583 bits per heavy atom. The molecule has 0 N–H and O–H groups in total. The Bertz CT molecular complexity index is 936. The zero-order valence-corrected chi connectivity index (χ0v) is 25.8. The predicted molar refractivity (Wildman–Crippen MR) is 163 cm³/mol. The Balaban J connectivity index is 1.72. The van der Waals surface area contributed by atoms with Gasteiger partial charge in [0.05, 0.1) is 22.6 Å². The molecule has 0 spiro atoms. The molecule has 0 saturated carbocycles. The van der Waals surface area contributed by atoms with Crippen LogP contribution in [0.1, 0.15) is 103 Å². The second-order valence-electron chi connectivity index (χ2n) is 12.0. The van der Waals surface area contributed by atoms with E-state index < -0.39 is 0 Å². The zero-order chi connectivity index (χ0) is 26.2. The molecule has 0 aliphatic heterocycles. The van der Waals surface area contributed by atoms with Gasteiger partial charge in [-0.15, -0.1) is 22.7 Å². The van der Waals surface area contributed by atoms with Gasteiger partial charge in [0.1, 0.15) is 11.5 Å². The summed E-state index contributed by atoms with van der Waals surface area (Å²) < 4.78 is 15.7. The molecule has 2 nitrogen and oxygen atoms in total. The van der Waals surface area contributed by atoms with Gasteiger partial charge < -0.3 is 9.47 Å². The number of ether oxygens (including phenoxy) is 2. The summed E-state index contributed by atoms with van der Waals surface area (Å²) in [4.78, 5) is 2.64. The molecule has 2 heterocycles. The lowest BCUT2D eigenvalue weighted by atomic mass is 9.97. The van der Waals surface area contributed by atoms with Crippen molar-refractivity contribution in [1.29, 1.82) is 0 Å². The fraction of sp³-hybridized carbons (Fsp3) is 0.688. The number of thiophene rings is 2. The van der Waals surface area contributed by atoms with Crippen LogP contribution in [0.2, 0.25) is 0 Å². The average Bonchev–Trinajstić information content (AvgIpc) is 3.36. The predicted octanol–water partition coefficient (Wildman–Crippen LogP) is 11.2. The molecule has 36 heavy (non-hydrogen) atoms. The molecule has 4 heteroatoms. The Kier molecular flexibility index (Phi) is 11.4. The zero-order valence-electron chi connectivity index (χ0n) is 24.2. The maximum absolute atomic E-state index is 6.58. The molecule has 2 unspecified atom stereocenters. The van der Waals surface area contributed by atoms with E-state index in [-0.39, 0.29) is 0 Å². The van der Waals surface area contributed by atoms with E-state index in [0.717, 1.165) is 49.4 Å². The Labute approximate surface area is 228 Å². The van der Waals surface area contributed by atoms with Crippen LogP contribution in [0.25, 0.3) is 20.2 Å². The highest BCUT2D eigenvalue weighted by molar-refractivity contribution is 7.21. The number of aryl methyl sites for hydroxylation is 2. The third-order valence-electron chi connectivity index (χ3n) is 7.28.